The van der Waals surface area contributed by atoms with Crippen LogP contribution >= 0.6 is 0 Å². The normalized spacial score (nSPS) is 13.0. The molecule has 0 aromatic heterocycles. The quantitative estimate of drug-likeness (QED) is 0.508. The van der Waals surface area contributed by atoms with E-state index in [1.807, 2.05) is 13.8 Å². The van der Waals surface area contributed by atoms with Crippen molar-refractivity contribution < 1.29 is 24.6 Å². The molecule has 0 heterocycles. The highest BCUT2D eigenvalue weighted by Crippen LogP contribution is 2.13. The van der Waals surface area contributed by atoms with Gasteiger partial charge in [-0.15, -0.1) is 0 Å². The van der Waals surface area contributed by atoms with E-state index in [0.717, 1.165) is 6.42 Å². The number of aliphatic carboxylic acids is 2. The highest BCUT2D eigenvalue weighted by Gasteiger charge is 2.18. The van der Waals surface area contributed by atoms with Gasteiger partial charge < -0.3 is 21.3 Å². The average Bonchev–Trinajstić information content (AvgIpc) is 2.35. The smallest absolute Gasteiger partial charge is 0.326 e. The molecule has 0 aromatic rings. The van der Waals surface area contributed by atoms with Crippen LogP contribution in [0.4, 0.5) is 0 Å². The van der Waals surface area contributed by atoms with Crippen LogP contribution in [-0.2, 0) is 14.4 Å². The third-order valence-electron chi connectivity index (χ3n) is 2.98. The van der Waals surface area contributed by atoms with Gasteiger partial charge in [0.15, 0.2) is 0 Å². The molecular weight excluding hydrogens is 300 g/mol. The first kappa shape index (κ1) is 23.6. The molecule has 136 valence electrons. The molecule has 0 bridgehead atoms. The van der Waals surface area contributed by atoms with Crippen molar-refractivity contribution in [3.8, 4) is 0 Å². The van der Waals surface area contributed by atoms with E-state index in [1.54, 1.807) is 0 Å². The van der Waals surface area contributed by atoms with Crippen LogP contribution in [0.5, 0.6) is 0 Å². The standard InChI is InChI=1S/C8H15NO3.C8H17NO2/c1-5(2)4-7(8(11)12)9-6(3)10;1-6(2)3-7(5-9)4-8(10)11/h5,7H,4H2,1-3H3,(H,9,10)(H,11,12);6-7H,3-5,9H2,1-2H3,(H,10,11)/t2*7-/m00/s1. The Hall–Kier alpha value is -1.63. The molecule has 2 atom stereocenters. The Balaban J connectivity index is 0. The van der Waals surface area contributed by atoms with Crippen LogP contribution in [0.25, 0.3) is 0 Å². The third-order valence-corrected chi connectivity index (χ3v) is 2.98. The molecule has 1 amide bonds. The number of rotatable bonds is 9. The molecule has 0 aromatic carbocycles. The molecule has 7 nitrogen and oxygen atoms in total. The summed E-state index contributed by atoms with van der Waals surface area (Å²) < 4.78 is 0. The summed E-state index contributed by atoms with van der Waals surface area (Å²) in [5.74, 6) is -1.09. The Labute approximate surface area is 138 Å². The first-order chi connectivity index (χ1) is 10.5. The molecule has 0 fully saturated rings. The molecule has 0 spiro atoms. The molecule has 0 aliphatic rings. The van der Waals surface area contributed by atoms with Crippen molar-refractivity contribution >= 4 is 17.8 Å². The minimum atomic E-state index is -0.973. The van der Waals surface area contributed by atoms with Crippen LogP contribution in [0.15, 0.2) is 0 Å². The Morgan fingerprint density at radius 3 is 1.74 bits per heavy atom. The molecule has 0 aliphatic heterocycles. The van der Waals surface area contributed by atoms with Crippen molar-refractivity contribution in [1.82, 2.24) is 5.32 Å². The van der Waals surface area contributed by atoms with Crippen LogP contribution in [0.1, 0.15) is 53.9 Å². The van der Waals surface area contributed by atoms with Gasteiger partial charge >= 0.3 is 11.9 Å². The summed E-state index contributed by atoms with van der Waals surface area (Å²) in [5, 5.41) is 19.5. The molecule has 0 saturated heterocycles. The summed E-state index contributed by atoms with van der Waals surface area (Å²) in [4.78, 5) is 31.4. The van der Waals surface area contributed by atoms with Crippen molar-refractivity contribution in [2.24, 2.45) is 23.5 Å². The van der Waals surface area contributed by atoms with Gasteiger partial charge in [-0.05, 0) is 37.1 Å². The fraction of sp³-hybridized carbons (Fsp3) is 0.812. The van der Waals surface area contributed by atoms with Crippen molar-refractivity contribution in [3.63, 3.8) is 0 Å². The van der Waals surface area contributed by atoms with Gasteiger partial charge in [-0.1, -0.05) is 27.7 Å². The van der Waals surface area contributed by atoms with Crippen molar-refractivity contribution in [3.05, 3.63) is 0 Å². The van der Waals surface area contributed by atoms with Crippen LogP contribution in [0.3, 0.4) is 0 Å². The topological polar surface area (TPSA) is 130 Å². The maximum atomic E-state index is 10.6. The number of nitrogens with one attached hydrogen (secondary N) is 1. The minimum Gasteiger partial charge on any atom is -0.481 e. The lowest BCUT2D eigenvalue weighted by atomic mass is 9.94. The van der Waals surface area contributed by atoms with Gasteiger partial charge in [0.05, 0.1) is 0 Å². The zero-order valence-electron chi connectivity index (χ0n) is 14.8. The number of hydrogen-bond donors (Lipinski definition) is 4. The maximum absolute atomic E-state index is 10.6. The second-order valence-electron chi connectivity index (χ2n) is 6.55. The zero-order chi connectivity index (χ0) is 18.6. The number of hydrogen-bond acceptors (Lipinski definition) is 4. The summed E-state index contributed by atoms with van der Waals surface area (Å²) in [6, 6.07) is -0.748. The van der Waals surface area contributed by atoms with Crippen LogP contribution < -0.4 is 11.1 Å². The summed E-state index contributed by atoms with van der Waals surface area (Å²) in [6.45, 7) is 9.77. The van der Waals surface area contributed by atoms with E-state index < -0.39 is 18.0 Å². The largest absolute Gasteiger partial charge is 0.481 e. The first-order valence-electron chi connectivity index (χ1n) is 7.91. The molecule has 0 unspecified atom stereocenters. The van der Waals surface area contributed by atoms with E-state index in [2.05, 4.69) is 19.2 Å². The van der Waals surface area contributed by atoms with Gasteiger partial charge in [-0.3, -0.25) is 9.59 Å². The third kappa shape index (κ3) is 16.6. The van der Waals surface area contributed by atoms with E-state index in [0.29, 0.717) is 18.9 Å². The lowest BCUT2D eigenvalue weighted by Crippen LogP contribution is -2.40. The minimum absolute atomic E-state index is 0.146. The maximum Gasteiger partial charge on any atom is 0.326 e. The molecule has 0 rings (SSSR count). The molecule has 7 heteroatoms. The summed E-state index contributed by atoms with van der Waals surface area (Å²) in [6.07, 6.45) is 1.58. The van der Waals surface area contributed by atoms with E-state index in [-0.39, 0.29) is 24.2 Å². The predicted molar refractivity (Wildman–Crippen MR) is 88.9 cm³/mol. The Kier molecular flexibility index (Phi) is 13.2. The number of nitrogens with two attached hydrogens (primary N) is 1. The van der Waals surface area contributed by atoms with E-state index in [9.17, 15) is 14.4 Å². The van der Waals surface area contributed by atoms with Gasteiger partial charge in [-0.2, -0.15) is 0 Å². The van der Waals surface area contributed by atoms with Gasteiger partial charge in [0.25, 0.3) is 0 Å². The zero-order valence-corrected chi connectivity index (χ0v) is 14.8. The van der Waals surface area contributed by atoms with Gasteiger partial charge in [-0.25, -0.2) is 4.79 Å². The number of carboxylic acids is 2. The fourth-order valence-electron chi connectivity index (χ4n) is 2.11. The molecule has 0 aliphatic carbocycles. The summed E-state index contributed by atoms with van der Waals surface area (Å²) >= 11 is 0. The molecule has 23 heavy (non-hydrogen) atoms. The van der Waals surface area contributed by atoms with Crippen LogP contribution in [0.2, 0.25) is 0 Å². The molecule has 5 N–H and O–H groups in total. The average molecular weight is 332 g/mol. The predicted octanol–water partition coefficient (Wildman–Crippen LogP) is 1.70. The van der Waals surface area contributed by atoms with Crippen molar-refractivity contribution in [2.75, 3.05) is 6.54 Å². The lowest BCUT2D eigenvalue weighted by Gasteiger charge is -2.14. The van der Waals surface area contributed by atoms with Gasteiger partial charge in [0, 0.05) is 13.3 Å². The van der Waals surface area contributed by atoms with E-state index >= 15 is 0 Å². The summed E-state index contributed by atoms with van der Waals surface area (Å²) in [7, 11) is 0. The van der Waals surface area contributed by atoms with Gasteiger partial charge in [0.2, 0.25) is 5.91 Å². The fourth-order valence-corrected chi connectivity index (χ4v) is 2.11. The Bertz CT molecular complexity index is 369. The first-order valence-corrected chi connectivity index (χ1v) is 7.91. The number of amides is 1. The number of carbonyl (C=O) groups is 3. The second kappa shape index (κ2) is 12.9. The van der Waals surface area contributed by atoms with Crippen LogP contribution in [0, 0.1) is 17.8 Å². The monoisotopic (exact) mass is 332 g/mol. The highest BCUT2D eigenvalue weighted by molar-refractivity contribution is 5.81. The molecule has 0 radical (unpaired) electrons. The molecule has 0 saturated carbocycles. The lowest BCUT2D eigenvalue weighted by molar-refractivity contribution is -0.142. The summed E-state index contributed by atoms with van der Waals surface area (Å²) in [5.41, 5.74) is 5.41. The second-order valence-corrected chi connectivity index (χ2v) is 6.55. The van der Waals surface area contributed by atoms with Gasteiger partial charge in [0.1, 0.15) is 6.04 Å². The van der Waals surface area contributed by atoms with Crippen molar-refractivity contribution in [1.29, 1.82) is 0 Å². The highest BCUT2D eigenvalue weighted by atomic mass is 16.4. The Morgan fingerprint density at radius 2 is 1.48 bits per heavy atom. The van der Waals surface area contributed by atoms with Crippen LogP contribution in [-0.4, -0.2) is 40.6 Å². The van der Waals surface area contributed by atoms with E-state index in [4.69, 9.17) is 15.9 Å². The Morgan fingerprint density at radius 1 is 1.00 bits per heavy atom. The number of carboxylic acid groups (broad SMARTS) is 2. The van der Waals surface area contributed by atoms with Crippen molar-refractivity contribution in [2.45, 2.75) is 59.9 Å². The SMILES string of the molecule is CC(=O)N[C@@H](CC(C)C)C(=O)O.CC(C)C[C@H](CN)CC(=O)O. The molecular formula is C16H32N2O5. The number of carbonyl (C=O) groups excluding carboxylic acids is 1. The van der Waals surface area contributed by atoms with E-state index in [1.165, 1.54) is 6.92 Å².